The fourth-order valence-corrected chi connectivity index (χ4v) is 1.46. The van der Waals surface area contributed by atoms with Crippen LogP contribution < -0.4 is 0 Å². The lowest BCUT2D eigenvalue weighted by Gasteiger charge is -1.97. The van der Waals surface area contributed by atoms with Crippen molar-refractivity contribution in [1.82, 2.24) is 20.2 Å². The average molecular weight is 194 g/mol. The number of H-pyrrole nitrogens is 1. The van der Waals surface area contributed by atoms with Gasteiger partial charge in [-0.25, -0.2) is 9.97 Å². The van der Waals surface area contributed by atoms with Crippen LogP contribution in [0.1, 0.15) is 0 Å². The monoisotopic (exact) mass is 194 g/mol. The van der Waals surface area contributed by atoms with Crippen molar-refractivity contribution in [2.45, 2.75) is 10.2 Å². The van der Waals surface area contributed by atoms with Gasteiger partial charge in [-0.2, -0.15) is 5.10 Å². The van der Waals surface area contributed by atoms with E-state index in [9.17, 15) is 5.11 Å². The van der Waals surface area contributed by atoms with Gasteiger partial charge >= 0.3 is 0 Å². The molecule has 0 spiro atoms. The Bertz CT molecular complexity index is 389. The Morgan fingerprint density at radius 2 is 2.31 bits per heavy atom. The molecule has 0 fully saturated rings. The number of hydrogen-bond donors (Lipinski definition) is 2. The van der Waals surface area contributed by atoms with Crippen molar-refractivity contribution in [2.75, 3.05) is 0 Å². The van der Waals surface area contributed by atoms with Crippen LogP contribution in [0.25, 0.3) is 0 Å². The van der Waals surface area contributed by atoms with E-state index in [1.165, 1.54) is 18.1 Å². The SMILES string of the molecule is Oc1cccnc1Sc1ncn[nH]1. The Morgan fingerprint density at radius 3 is 3.00 bits per heavy atom. The van der Waals surface area contributed by atoms with Gasteiger partial charge in [-0.3, -0.25) is 5.10 Å². The summed E-state index contributed by atoms with van der Waals surface area (Å²) in [6.07, 6.45) is 3.01. The van der Waals surface area contributed by atoms with Crippen molar-refractivity contribution < 1.29 is 5.11 Å². The lowest BCUT2D eigenvalue weighted by molar-refractivity contribution is 0.456. The Morgan fingerprint density at radius 1 is 1.38 bits per heavy atom. The summed E-state index contributed by atoms with van der Waals surface area (Å²) in [5, 5.41) is 16.8. The maximum atomic E-state index is 9.36. The van der Waals surface area contributed by atoms with Crippen LogP contribution in [0.4, 0.5) is 0 Å². The van der Waals surface area contributed by atoms with Crippen molar-refractivity contribution in [1.29, 1.82) is 0 Å². The second-order valence-corrected chi connectivity index (χ2v) is 3.20. The number of aromatic nitrogens is 4. The second-order valence-electron chi connectivity index (χ2n) is 2.22. The molecule has 2 N–H and O–H groups in total. The van der Waals surface area contributed by atoms with E-state index in [1.807, 2.05) is 0 Å². The highest BCUT2D eigenvalue weighted by Crippen LogP contribution is 2.28. The molecule has 66 valence electrons. The highest BCUT2D eigenvalue weighted by Gasteiger charge is 2.05. The van der Waals surface area contributed by atoms with E-state index in [4.69, 9.17) is 0 Å². The van der Waals surface area contributed by atoms with E-state index in [2.05, 4.69) is 20.2 Å². The molecular formula is C7H6N4OS. The predicted molar refractivity (Wildman–Crippen MR) is 46.4 cm³/mol. The smallest absolute Gasteiger partial charge is 0.189 e. The minimum atomic E-state index is 0.143. The van der Waals surface area contributed by atoms with Crippen LogP contribution in [-0.2, 0) is 0 Å². The number of nitrogens with zero attached hydrogens (tertiary/aromatic N) is 3. The number of hydrogen-bond acceptors (Lipinski definition) is 5. The molecule has 6 heteroatoms. The summed E-state index contributed by atoms with van der Waals surface area (Å²) in [6.45, 7) is 0. The zero-order valence-electron chi connectivity index (χ0n) is 6.51. The Hall–Kier alpha value is -1.56. The molecule has 0 unspecified atom stereocenters. The summed E-state index contributed by atoms with van der Waals surface area (Å²) in [4.78, 5) is 7.88. The molecule has 0 aliphatic carbocycles. The van der Waals surface area contributed by atoms with Crippen molar-refractivity contribution in [3.8, 4) is 5.75 Å². The van der Waals surface area contributed by atoms with E-state index in [0.29, 0.717) is 10.2 Å². The number of pyridine rings is 1. The van der Waals surface area contributed by atoms with Crippen LogP contribution in [0.3, 0.4) is 0 Å². The highest BCUT2D eigenvalue weighted by molar-refractivity contribution is 7.99. The van der Waals surface area contributed by atoms with Crippen molar-refractivity contribution in [3.05, 3.63) is 24.7 Å². The summed E-state index contributed by atoms with van der Waals surface area (Å²) >= 11 is 1.23. The van der Waals surface area contributed by atoms with E-state index < -0.39 is 0 Å². The van der Waals surface area contributed by atoms with Crippen LogP contribution >= 0.6 is 11.8 Å². The summed E-state index contributed by atoms with van der Waals surface area (Å²) in [6, 6.07) is 3.24. The molecule has 2 rings (SSSR count). The normalized spacial score (nSPS) is 10.2. The molecule has 0 radical (unpaired) electrons. The number of aromatic amines is 1. The van der Waals surface area contributed by atoms with E-state index in [1.54, 1.807) is 18.3 Å². The zero-order valence-corrected chi connectivity index (χ0v) is 7.32. The van der Waals surface area contributed by atoms with Gasteiger partial charge in [0.05, 0.1) is 0 Å². The first-order valence-corrected chi connectivity index (χ1v) is 4.35. The van der Waals surface area contributed by atoms with Gasteiger partial charge in [-0.05, 0) is 23.9 Å². The molecule has 0 aromatic carbocycles. The van der Waals surface area contributed by atoms with Crippen molar-refractivity contribution in [3.63, 3.8) is 0 Å². The third kappa shape index (κ3) is 1.78. The fraction of sp³-hybridized carbons (Fsp3) is 0. The van der Waals surface area contributed by atoms with E-state index in [-0.39, 0.29) is 5.75 Å². The zero-order chi connectivity index (χ0) is 9.10. The summed E-state index contributed by atoms with van der Waals surface area (Å²) < 4.78 is 0. The quantitative estimate of drug-likeness (QED) is 0.747. The third-order valence-corrected chi connectivity index (χ3v) is 2.24. The largest absolute Gasteiger partial charge is 0.505 e. The first kappa shape index (κ1) is 8.06. The molecule has 0 bridgehead atoms. The molecule has 0 aliphatic heterocycles. The molecule has 0 atom stereocenters. The molecule has 0 aliphatic rings. The van der Waals surface area contributed by atoms with E-state index >= 15 is 0 Å². The molecule has 5 nitrogen and oxygen atoms in total. The Balaban J connectivity index is 2.24. The molecule has 0 amide bonds. The standard InChI is InChI=1S/C7H6N4OS/c12-5-2-1-3-8-6(5)13-7-9-4-10-11-7/h1-4,12H,(H,9,10,11). The lowest BCUT2D eigenvalue weighted by atomic mass is 10.5. The second kappa shape index (κ2) is 3.44. The molecule has 0 saturated heterocycles. The van der Waals surface area contributed by atoms with Crippen molar-refractivity contribution in [2.24, 2.45) is 0 Å². The van der Waals surface area contributed by atoms with Gasteiger partial charge in [0.2, 0.25) is 0 Å². The van der Waals surface area contributed by atoms with Gasteiger partial charge in [0.25, 0.3) is 0 Å². The molecule has 0 saturated carbocycles. The predicted octanol–water partition coefficient (Wildman–Crippen LogP) is 1.06. The van der Waals surface area contributed by atoms with Crippen LogP contribution in [0.2, 0.25) is 0 Å². The van der Waals surface area contributed by atoms with Crippen LogP contribution in [-0.4, -0.2) is 25.3 Å². The molecular weight excluding hydrogens is 188 g/mol. The first-order valence-electron chi connectivity index (χ1n) is 3.53. The Labute approximate surface area is 78.2 Å². The summed E-state index contributed by atoms with van der Waals surface area (Å²) in [5.41, 5.74) is 0. The molecule has 2 heterocycles. The number of rotatable bonds is 2. The summed E-state index contributed by atoms with van der Waals surface area (Å²) in [7, 11) is 0. The average Bonchev–Trinajstić information content (AvgIpc) is 2.61. The molecule has 13 heavy (non-hydrogen) atoms. The molecule has 2 aromatic rings. The van der Waals surface area contributed by atoms with Gasteiger partial charge in [0, 0.05) is 6.20 Å². The maximum absolute atomic E-state index is 9.36. The topological polar surface area (TPSA) is 74.7 Å². The van der Waals surface area contributed by atoms with Crippen LogP contribution in [0.15, 0.2) is 34.8 Å². The Kier molecular flexibility index (Phi) is 2.13. The maximum Gasteiger partial charge on any atom is 0.189 e. The minimum absolute atomic E-state index is 0.143. The van der Waals surface area contributed by atoms with Crippen LogP contribution in [0.5, 0.6) is 5.75 Å². The van der Waals surface area contributed by atoms with Gasteiger partial charge in [0.15, 0.2) is 5.16 Å². The number of aromatic hydroxyl groups is 1. The first-order chi connectivity index (χ1) is 6.36. The van der Waals surface area contributed by atoms with Crippen molar-refractivity contribution >= 4 is 11.8 Å². The van der Waals surface area contributed by atoms with Gasteiger partial charge in [-0.1, -0.05) is 0 Å². The van der Waals surface area contributed by atoms with E-state index in [0.717, 1.165) is 0 Å². The highest BCUT2D eigenvalue weighted by atomic mass is 32.2. The minimum Gasteiger partial charge on any atom is -0.505 e. The molecule has 2 aromatic heterocycles. The number of nitrogens with one attached hydrogen (secondary N) is 1. The van der Waals surface area contributed by atoms with Gasteiger partial charge < -0.3 is 5.11 Å². The van der Waals surface area contributed by atoms with Crippen LogP contribution in [0, 0.1) is 0 Å². The summed E-state index contributed by atoms with van der Waals surface area (Å²) in [5.74, 6) is 0.143. The van der Waals surface area contributed by atoms with Gasteiger partial charge in [0.1, 0.15) is 17.1 Å². The van der Waals surface area contributed by atoms with Gasteiger partial charge in [-0.15, -0.1) is 0 Å². The third-order valence-electron chi connectivity index (χ3n) is 1.34. The lowest BCUT2D eigenvalue weighted by Crippen LogP contribution is -1.81. The fourth-order valence-electron chi connectivity index (χ4n) is 0.796.